The van der Waals surface area contributed by atoms with E-state index in [2.05, 4.69) is 20.0 Å². The third kappa shape index (κ3) is 3.30. The molecule has 1 aromatic carbocycles. The van der Waals surface area contributed by atoms with Gasteiger partial charge in [0, 0.05) is 23.6 Å². The van der Waals surface area contributed by atoms with Gasteiger partial charge in [-0.2, -0.15) is 0 Å². The molecule has 0 spiro atoms. The highest BCUT2D eigenvalue weighted by Crippen LogP contribution is 2.27. The summed E-state index contributed by atoms with van der Waals surface area (Å²) in [6, 6.07) is 4.66. The Bertz CT molecular complexity index is 862. The van der Waals surface area contributed by atoms with Gasteiger partial charge in [-0.25, -0.2) is 14.2 Å². The van der Waals surface area contributed by atoms with Crippen LogP contribution >= 0.6 is 22.9 Å². The molecule has 5 nitrogen and oxygen atoms in total. The number of nitrogens with one attached hydrogen (secondary N) is 2. The molecular weight excluding hydrogens is 341 g/mol. The summed E-state index contributed by atoms with van der Waals surface area (Å²) in [6.07, 6.45) is 2.58. The van der Waals surface area contributed by atoms with Gasteiger partial charge in [0.1, 0.15) is 5.82 Å². The van der Waals surface area contributed by atoms with Crippen LogP contribution < -0.4 is 5.32 Å². The summed E-state index contributed by atoms with van der Waals surface area (Å²) >= 11 is 7.06. The second-order valence-electron chi connectivity index (χ2n) is 4.81. The Morgan fingerprint density at radius 1 is 1.52 bits per heavy atom. The molecule has 23 heavy (non-hydrogen) atoms. The smallest absolute Gasteiger partial charge is 0.351 e. The lowest BCUT2D eigenvalue weighted by atomic mass is 10.1. The number of thiazole rings is 1. The Labute approximate surface area is 140 Å². The van der Waals surface area contributed by atoms with Gasteiger partial charge < -0.3 is 15.0 Å². The average molecular weight is 354 g/mol. The number of hydrogen-bond donors (Lipinski definition) is 2. The lowest BCUT2D eigenvalue weighted by Crippen LogP contribution is -2.04. The normalized spacial score (nSPS) is 10.9. The van der Waals surface area contributed by atoms with Crippen LogP contribution in [0.2, 0.25) is 5.15 Å². The van der Waals surface area contributed by atoms with E-state index in [1.54, 1.807) is 6.07 Å². The maximum absolute atomic E-state index is 13.2. The molecule has 3 aromatic rings. The molecule has 8 heteroatoms. The second kappa shape index (κ2) is 6.55. The number of aromatic nitrogens is 2. The first-order chi connectivity index (χ1) is 11.1. The van der Waals surface area contributed by atoms with Crippen LogP contribution in [0.5, 0.6) is 0 Å². The topological polar surface area (TPSA) is 67.0 Å². The number of carbonyl (C=O) groups is 1. The summed E-state index contributed by atoms with van der Waals surface area (Å²) in [6.45, 7) is 0.606. The van der Waals surface area contributed by atoms with Crippen molar-refractivity contribution in [1.29, 1.82) is 0 Å². The van der Waals surface area contributed by atoms with Gasteiger partial charge in [0.15, 0.2) is 15.2 Å². The molecule has 0 atom stereocenters. The van der Waals surface area contributed by atoms with E-state index in [4.69, 9.17) is 11.6 Å². The van der Waals surface area contributed by atoms with E-state index in [-0.39, 0.29) is 15.8 Å². The van der Waals surface area contributed by atoms with Crippen molar-refractivity contribution in [3.63, 3.8) is 0 Å². The third-order valence-corrected chi connectivity index (χ3v) is 4.74. The number of rotatable bonds is 5. The van der Waals surface area contributed by atoms with E-state index in [1.165, 1.54) is 19.2 Å². The van der Waals surface area contributed by atoms with Crippen molar-refractivity contribution in [2.24, 2.45) is 0 Å². The van der Waals surface area contributed by atoms with Crippen LogP contribution in [0.15, 0.2) is 24.4 Å². The number of fused-ring (bicyclic) bond motifs is 1. The van der Waals surface area contributed by atoms with Gasteiger partial charge in [-0.15, -0.1) is 0 Å². The lowest BCUT2D eigenvalue weighted by molar-refractivity contribution is 0.0606. The van der Waals surface area contributed by atoms with Crippen LogP contribution in [0.1, 0.15) is 15.2 Å². The molecule has 0 unspecified atom stereocenters. The van der Waals surface area contributed by atoms with Gasteiger partial charge in [0.05, 0.1) is 7.11 Å². The minimum atomic E-state index is -0.501. The highest BCUT2D eigenvalue weighted by Gasteiger charge is 2.17. The molecule has 2 aromatic heterocycles. The fourth-order valence-corrected chi connectivity index (χ4v) is 3.39. The lowest BCUT2D eigenvalue weighted by Gasteiger charge is -2.01. The van der Waals surface area contributed by atoms with Crippen LogP contribution in [-0.2, 0) is 11.2 Å². The highest BCUT2D eigenvalue weighted by molar-refractivity contribution is 7.18. The zero-order valence-electron chi connectivity index (χ0n) is 12.2. The number of ether oxygens (including phenoxy) is 1. The molecule has 2 N–H and O–H groups in total. The van der Waals surface area contributed by atoms with E-state index in [1.807, 2.05) is 6.20 Å². The molecule has 0 amide bonds. The predicted octanol–water partition coefficient (Wildman–Crippen LogP) is 3.86. The summed E-state index contributed by atoms with van der Waals surface area (Å²) in [4.78, 5) is 18.9. The van der Waals surface area contributed by atoms with Crippen molar-refractivity contribution in [2.75, 3.05) is 19.0 Å². The molecule has 0 aliphatic rings. The summed E-state index contributed by atoms with van der Waals surface area (Å²) in [5, 5.41) is 4.80. The number of aromatic amines is 1. The Kier molecular flexibility index (Phi) is 4.49. The monoisotopic (exact) mass is 353 g/mol. The van der Waals surface area contributed by atoms with Gasteiger partial charge in [-0.05, 0) is 30.2 Å². The first kappa shape index (κ1) is 15.8. The van der Waals surface area contributed by atoms with Crippen molar-refractivity contribution >= 4 is 44.9 Å². The standard InChI is InChI=1S/C15H13ClFN3O2S/c1-22-14(21)12-13(16)20-15(23-12)18-5-4-8-7-19-11-6-9(17)2-3-10(8)11/h2-3,6-7,19H,4-5H2,1H3,(H,18,20). The molecule has 0 aliphatic carbocycles. The zero-order valence-corrected chi connectivity index (χ0v) is 13.7. The van der Waals surface area contributed by atoms with Gasteiger partial charge in [0.2, 0.25) is 0 Å². The molecular formula is C15H13ClFN3O2S. The van der Waals surface area contributed by atoms with Crippen LogP contribution in [0.4, 0.5) is 9.52 Å². The zero-order chi connectivity index (χ0) is 16.4. The van der Waals surface area contributed by atoms with Crippen molar-refractivity contribution < 1.29 is 13.9 Å². The Morgan fingerprint density at radius 2 is 2.35 bits per heavy atom. The summed E-state index contributed by atoms with van der Waals surface area (Å²) < 4.78 is 17.8. The predicted molar refractivity (Wildman–Crippen MR) is 88.9 cm³/mol. The van der Waals surface area contributed by atoms with E-state index in [0.29, 0.717) is 11.7 Å². The first-order valence-electron chi connectivity index (χ1n) is 6.82. The van der Waals surface area contributed by atoms with Gasteiger partial charge >= 0.3 is 5.97 Å². The minimum absolute atomic E-state index is 0.131. The fraction of sp³-hybridized carbons (Fsp3) is 0.200. The van der Waals surface area contributed by atoms with E-state index in [9.17, 15) is 9.18 Å². The number of esters is 1. The molecule has 0 fully saturated rings. The SMILES string of the molecule is COC(=O)c1sc(NCCc2c[nH]c3cc(F)ccc23)nc1Cl. The van der Waals surface area contributed by atoms with E-state index in [0.717, 1.165) is 34.2 Å². The Morgan fingerprint density at radius 3 is 3.13 bits per heavy atom. The number of carbonyl (C=O) groups excluding carboxylic acids is 1. The van der Waals surface area contributed by atoms with E-state index >= 15 is 0 Å². The first-order valence-corrected chi connectivity index (χ1v) is 8.02. The molecule has 0 saturated carbocycles. The molecule has 0 radical (unpaired) electrons. The number of methoxy groups -OCH3 is 1. The number of halogens is 2. The molecule has 2 heterocycles. The van der Waals surface area contributed by atoms with Crippen molar-refractivity contribution in [2.45, 2.75) is 6.42 Å². The largest absolute Gasteiger partial charge is 0.465 e. The number of H-pyrrole nitrogens is 1. The summed E-state index contributed by atoms with van der Waals surface area (Å²) in [5.74, 6) is -0.768. The highest BCUT2D eigenvalue weighted by atomic mass is 35.5. The number of nitrogens with zero attached hydrogens (tertiary/aromatic N) is 1. The van der Waals surface area contributed by atoms with Crippen molar-refractivity contribution in [3.8, 4) is 0 Å². The minimum Gasteiger partial charge on any atom is -0.465 e. The van der Waals surface area contributed by atoms with Crippen LogP contribution in [0.3, 0.4) is 0 Å². The maximum atomic E-state index is 13.2. The Balaban J connectivity index is 1.66. The van der Waals surface area contributed by atoms with Crippen LogP contribution in [0, 0.1) is 5.82 Å². The van der Waals surface area contributed by atoms with Gasteiger partial charge in [-0.3, -0.25) is 0 Å². The van der Waals surface area contributed by atoms with Gasteiger partial charge in [-0.1, -0.05) is 22.9 Å². The van der Waals surface area contributed by atoms with Crippen molar-refractivity contribution in [1.82, 2.24) is 9.97 Å². The third-order valence-electron chi connectivity index (χ3n) is 3.36. The second-order valence-corrected chi connectivity index (χ2v) is 6.17. The Hall–Kier alpha value is -2.12. The number of anilines is 1. The average Bonchev–Trinajstić information content (AvgIpc) is 3.10. The van der Waals surface area contributed by atoms with Crippen LogP contribution in [0.25, 0.3) is 10.9 Å². The van der Waals surface area contributed by atoms with E-state index < -0.39 is 5.97 Å². The van der Waals surface area contributed by atoms with Crippen LogP contribution in [-0.4, -0.2) is 29.6 Å². The molecule has 0 bridgehead atoms. The maximum Gasteiger partial charge on any atom is 0.351 e. The summed E-state index contributed by atoms with van der Waals surface area (Å²) in [5.41, 5.74) is 1.84. The van der Waals surface area contributed by atoms with Crippen molar-refractivity contribution in [3.05, 3.63) is 45.8 Å². The fourth-order valence-electron chi connectivity index (χ4n) is 2.27. The quantitative estimate of drug-likeness (QED) is 0.683. The number of benzene rings is 1. The number of hydrogen-bond acceptors (Lipinski definition) is 5. The molecule has 0 aliphatic heterocycles. The van der Waals surface area contributed by atoms with Gasteiger partial charge in [0.25, 0.3) is 0 Å². The molecule has 3 rings (SSSR count). The molecule has 120 valence electrons. The molecule has 0 saturated heterocycles. The summed E-state index contributed by atoms with van der Waals surface area (Å²) in [7, 11) is 1.30.